The van der Waals surface area contributed by atoms with E-state index in [9.17, 15) is 28.1 Å². The maximum Gasteiger partial charge on any atom is 0.273 e. The number of amides is 2. The van der Waals surface area contributed by atoms with Gasteiger partial charge in [-0.25, -0.2) is 8.42 Å². The lowest BCUT2D eigenvalue weighted by Gasteiger charge is -2.34. The number of nitro benzene ring substituents is 1. The van der Waals surface area contributed by atoms with Crippen molar-refractivity contribution in [2.45, 2.75) is 76.4 Å². The normalized spacial score (nSPS) is 14.0. The van der Waals surface area contributed by atoms with Gasteiger partial charge in [-0.2, -0.15) is 0 Å². The smallest absolute Gasteiger partial charge is 0.273 e. The number of carbonyl (C=O) groups excluding carboxylic acids is 2. The second-order valence-electron chi connectivity index (χ2n) is 11.5. The molecule has 0 bridgehead atoms. The molecule has 2 amide bonds. The van der Waals surface area contributed by atoms with Crippen molar-refractivity contribution < 1.29 is 27.7 Å². The Bertz CT molecular complexity index is 1710. The molecule has 46 heavy (non-hydrogen) atoms. The Hall–Kier alpha value is -4.16. The number of halogens is 1. The maximum absolute atomic E-state index is 14.4. The highest BCUT2D eigenvalue weighted by Crippen LogP contribution is 2.36. The van der Waals surface area contributed by atoms with Crippen LogP contribution in [0.25, 0.3) is 0 Å². The summed E-state index contributed by atoms with van der Waals surface area (Å²) in [6.07, 6.45) is 4.03. The summed E-state index contributed by atoms with van der Waals surface area (Å²) < 4.78 is 34.9. The second kappa shape index (κ2) is 15.0. The van der Waals surface area contributed by atoms with Gasteiger partial charge in [0.15, 0.2) is 0 Å². The van der Waals surface area contributed by atoms with E-state index in [1.807, 2.05) is 31.2 Å². The molecule has 13 heteroatoms. The van der Waals surface area contributed by atoms with Crippen molar-refractivity contribution in [3.63, 3.8) is 0 Å². The maximum atomic E-state index is 14.4. The number of nitrogens with one attached hydrogen (secondary N) is 1. The molecule has 1 fully saturated rings. The molecule has 0 radical (unpaired) electrons. The zero-order chi connectivity index (χ0) is 33.6. The summed E-state index contributed by atoms with van der Waals surface area (Å²) in [5, 5.41) is 15.0. The lowest BCUT2D eigenvalue weighted by Crippen LogP contribution is -2.53. The van der Waals surface area contributed by atoms with Gasteiger partial charge < -0.3 is 15.0 Å². The van der Waals surface area contributed by atoms with Crippen molar-refractivity contribution in [2.24, 2.45) is 0 Å². The zero-order valence-electron chi connectivity index (χ0n) is 26.4. The minimum Gasteiger partial charge on any atom is -0.495 e. The summed E-state index contributed by atoms with van der Waals surface area (Å²) in [5.41, 5.74) is 1.58. The van der Waals surface area contributed by atoms with E-state index >= 15 is 0 Å². The molecular weight excluding hydrogens is 632 g/mol. The molecular formula is C33H39ClN4O7S. The van der Waals surface area contributed by atoms with Gasteiger partial charge in [0, 0.05) is 29.2 Å². The number of hydrogen-bond acceptors (Lipinski definition) is 7. The molecule has 1 saturated carbocycles. The summed E-state index contributed by atoms with van der Waals surface area (Å²) in [6, 6.07) is 14.5. The molecule has 1 unspecified atom stereocenters. The summed E-state index contributed by atoms with van der Waals surface area (Å²) in [5.74, 6) is -0.847. The topological polar surface area (TPSA) is 139 Å². The molecule has 0 spiro atoms. The summed E-state index contributed by atoms with van der Waals surface area (Å²) in [4.78, 5) is 40.1. The second-order valence-corrected chi connectivity index (χ2v) is 13.8. The summed E-state index contributed by atoms with van der Waals surface area (Å²) in [6.45, 7) is 4.53. The molecule has 1 atom stereocenters. The number of methoxy groups -OCH3 is 1. The average Bonchev–Trinajstić information content (AvgIpc) is 3.52. The summed E-state index contributed by atoms with van der Waals surface area (Å²) in [7, 11) is -3.27. The van der Waals surface area contributed by atoms with E-state index in [1.165, 1.54) is 49.3 Å². The highest BCUT2D eigenvalue weighted by Gasteiger charge is 2.36. The highest BCUT2D eigenvalue weighted by molar-refractivity contribution is 7.92. The predicted molar refractivity (Wildman–Crippen MR) is 177 cm³/mol. The fourth-order valence-corrected chi connectivity index (χ4v) is 7.34. The van der Waals surface area contributed by atoms with E-state index in [-0.39, 0.29) is 52.6 Å². The van der Waals surface area contributed by atoms with E-state index in [2.05, 4.69) is 5.32 Å². The number of nitrogens with zero attached hydrogens (tertiary/aromatic N) is 3. The van der Waals surface area contributed by atoms with Crippen LogP contribution in [0.1, 0.15) is 55.7 Å². The van der Waals surface area contributed by atoms with Crippen molar-refractivity contribution >= 4 is 44.8 Å². The lowest BCUT2D eigenvalue weighted by molar-refractivity contribution is -0.385. The fraction of sp³-hybridized carbons (Fsp3) is 0.394. The number of nitro groups is 1. The highest BCUT2D eigenvalue weighted by atomic mass is 35.5. The Morgan fingerprint density at radius 1 is 1.09 bits per heavy atom. The Labute approximate surface area is 274 Å². The third-order valence-corrected chi connectivity index (χ3v) is 10.2. The Kier molecular flexibility index (Phi) is 11.3. The first-order chi connectivity index (χ1) is 21.8. The average molecular weight is 671 g/mol. The number of ether oxygens (including phenoxy) is 1. The van der Waals surface area contributed by atoms with Crippen LogP contribution in [0.2, 0.25) is 5.02 Å². The molecule has 1 aliphatic rings. The molecule has 1 aliphatic carbocycles. The minimum absolute atomic E-state index is 0.0161. The molecule has 3 aromatic rings. The van der Waals surface area contributed by atoms with Crippen molar-refractivity contribution in [1.29, 1.82) is 0 Å². The van der Waals surface area contributed by atoms with Gasteiger partial charge in [0.05, 0.1) is 22.6 Å². The van der Waals surface area contributed by atoms with Crippen LogP contribution in [0.3, 0.4) is 0 Å². The lowest BCUT2D eigenvalue weighted by atomic mass is 10.1. The number of aryl methyl sites for hydroxylation is 2. The van der Waals surface area contributed by atoms with Crippen molar-refractivity contribution in [2.75, 3.05) is 18.0 Å². The molecule has 0 heterocycles. The van der Waals surface area contributed by atoms with Crippen LogP contribution < -0.4 is 14.4 Å². The number of carbonyl (C=O) groups is 2. The summed E-state index contributed by atoms with van der Waals surface area (Å²) >= 11 is 6.30. The van der Waals surface area contributed by atoms with E-state index < -0.39 is 38.3 Å². The Balaban J connectivity index is 1.81. The molecule has 4 rings (SSSR count). The van der Waals surface area contributed by atoms with Crippen molar-refractivity contribution in [3.05, 3.63) is 92.5 Å². The Morgan fingerprint density at radius 2 is 1.80 bits per heavy atom. The first kappa shape index (κ1) is 34.7. The zero-order valence-corrected chi connectivity index (χ0v) is 27.9. The van der Waals surface area contributed by atoms with Gasteiger partial charge in [0.2, 0.25) is 11.8 Å². The molecule has 0 aromatic heterocycles. The van der Waals surface area contributed by atoms with Gasteiger partial charge in [-0.1, -0.05) is 67.3 Å². The molecule has 3 aromatic carbocycles. The van der Waals surface area contributed by atoms with Crippen LogP contribution >= 0.6 is 11.6 Å². The van der Waals surface area contributed by atoms with E-state index in [0.29, 0.717) is 0 Å². The van der Waals surface area contributed by atoms with Gasteiger partial charge >= 0.3 is 0 Å². The monoisotopic (exact) mass is 670 g/mol. The van der Waals surface area contributed by atoms with Gasteiger partial charge in [-0.05, 0) is 62.9 Å². The number of anilines is 1. The third-order valence-electron chi connectivity index (χ3n) is 8.18. The van der Waals surface area contributed by atoms with Crippen LogP contribution in [0.4, 0.5) is 11.4 Å². The fourth-order valence-electron chi connectivity index (χ4n) is 5.74. The molecule has 1 N–H and O–H groups in total. The van der Waals surface area contributed by atoms with Gasteiger partial charge in [-0.3, -0.25) is 24.0 Å². The van der Waals surface area contributed by atoms with Crippen LogP contribution in [-0.4, -0.2) is 55.8 Å². The molecule has 11 nitrogen and oxygen atoms in total. The standard InChI is InChI=1S/C33H39ClN4O7S/c1-5-28(33(40)35-26-11-6-7-12-26)36(20-24-10-8-9-22(2)17-24)32(39)21-37(30-18-25(34)14-16-31(30)45-4)46(43,44)27-15-13-23(3)29(19-27)38(41)42/h8-10,13-19,26,28H,5-7,11-12,20-21H2,1-4H3,(H,35,40). The Morgan fingerprint density at radius 3 is 2.43 bits per heavy atom. The first-order valence-electron chi connectivity index (χ1n) is 15.1. The first-order valence-corrected chi connectivity index (χ1v) is 16.9. The van der Waals surface area contributed by atoms with Crippen molar-refractivity contribution in [3.8, 4) is 5.75 Å². The van der Waals surface area contributed by atoms with Crippen molar-refractivity contribution in [1.82, 2.24) is 10.2 Å². The number of rotatable bonds is 13. The SMILES string of the molecule is CCC(C(=O)NC1CCCC1)N(Cc1cccc(C)c1)C(=O)CN(c1cc(Cl)ccc1OC)S(=O)(=O)c1ccc(C)c([N+](=O)[O-])c1. The van der Waals surface area contributed by atoms with Crippen LogP contribution in [0, 0.1) is 24.0 Å². The third kappa shape index (κ3) is 7.97. The van der Waals surface area contributed by atoms with Gasteiger partial charge in [0.1, 0.15) is 18.3 Å². The number of sulfonamides is 1. The molecule has 0 aliphatic heterocycles. The number of benzene rings is 3. The van der Waals surface area contributed by atoms with Crippen LogP contribution in [-0.2, 0) is 26.2 Å². The van der Waals surface area contributed by atoms with Gasteiger partial charge in [0.25, 0.3) is 15.7 Å². The van der Waals surface area contributed by atoms with Crippen LogP contribution in [0.15, 0.2) is 65.6 Å². The van der Waals surface area contributed by atoms with E-state index in [0.717, 1.165) is 47.2 Å². The van der Waals surface area contributed by atoms with Crippen LogP contribution in [0.5, 0.6) is 5.75 Å². The van der Waals surface area contributed by atoms with E-state index in [4.69, 9.17) is 16.3 Å². The van der Waals surface area contributed by atoms with E-state index in [1.54, 1.807) is 6.92 Å². The quantitative estimate of drug-likeness (QED) is 0.176. The predicted octanol–water partition coefficient (Wildman–Crippen LogP) is 5.94. The molecule has 246 valence electrons. The minimum atomic E-state index is -4.61. The molecule has 0 saturated heterocycles. The number of hydrogen-bond donors (Lipinski definition) is 1. The van der Waals surface area contributed by atoms with Gasteiger partial charge in [-0.15, -0.1) is 0 Å². The largest absolute Gasteiger partial charge is 0.495 e.